The van der Waals surface area contributed by atoms with E-state index in [1.165, 1.54) is 12.3 Å². The van der Waals surface area contributed by atoms with Gasteiger partial charge in [0, 0.05) is 18.8 Å². The van der Waals surface area contributed by atoms with Crippen LogP contribution < -0.4 is 19.5 Å². The molecule has 0 spiro atoms. The minimum Gasteiger partial charge on any atom is -0.494 e. The molecule has 0 aliphatic rings. The van der Waals surface area contributed by atoms with Gasteiger partial charge in [-0.25, -0.2) is 4.98 Å². The van der Waals surface area contributed by atoms with Crippen LogP contribution in [0, 0.1) is 0 Å². The lowest BCUT2D eigenvalue weighted by Crippen LogP contribution is -2.28. The Kier molecular flexibility index (Phi) is 7.91. The third-order valence-corrected chi connectivity index (χ3v) is 3.34. The maximum absolute atomic E-state index is 12.2. The van der Waals surface area contributed by atoms with Crippen LogP contribution in [-0.2, 0) is 11.3 Å². The lowest BCUT2D eigenvalue weighted by molar-refractivity contribution is -0.154. The minimum absolute atomic E-state index is 0.108. The summed E-state index contributed by atoms with van der Waals surface area (Å²) in [5.74, 6) is 0.706. The average molecular weight is 398 g/mol. The van der Waals surface area contributed by atoms with Crippen molar-refractivity contribution in [3.8, 4) is 17.4 Å². The van der Waals surface area contributed by atoms with E-state index in [9.17, 15) is 18.0 Å². The Hall–Kier alpha value is -2.97. The molecule has 9 heteroatoms. The number of alkyl halides is 3. The predicted octanol–water partition coefficient (Wildman–Crippen LogP) is 3.51. The molecule has 6 nitrogen and oxygen atoms in total. The number of nitrogens with one attached hydrogen (secondary N) is 1. The van der Waals surface area contributed by atoms with Crippen molar-refractivity contribution in [1.82, 2.24) is 10.3 Å². The van der Waals surface area contributed by atoms with Gasteiger partial charge in [-0.3, -0.25) is 4.79 Å². The monoisotopic (exact) mass is 398 g/mol. The molecular formula is C19H21F3N2O4. The Morgan fingerprint density at radius 1 is 1.07 bits per heavy atom. The van der Waals surface area contributed by atoms with E-state index in [4.69, 9.17) is 9.47 Å². The molecule has 0 unspecified atom stereocenters. The number of nitrogens with zero attached hydrogens (tertiary/aromatic N) is 1. The summed E-state index contributed by atoms with van der Waals surface area (Å²) in [6.07, 6.45) is -2.22. The summed E-state index contributed by atoms with van der Waals surface area (Å²) in [5.41, 5.74) is 0.554. The van der Waals surface area contributed by atoms with E-state index in [1.54, 1.807) is 30.3 Å². The van der Waals surface area contributed by atoms with Crippen molar-refractivity contribution in [2.45, 2.75) is 26.1 Å². The van der Waals surface area contributed by atoms with Gasteiger partial charge in [-0.15, -0.1) is 0 Å². The molecule has 0 saturated heterocycles. The van der Waals surface area contributed by atoms with E-state index in [2.05, 4.69) is 15.0 Å². The Labute approximate surface area is 160 Å². The first-order chi connectivity index (χ1) is 13.4. The van der Waals surface area contributed by atoms with Crippen LogP contribution in [0.3, 0.4) is 0 Å². The highest BCUT2D eigenvalue weighted by Crippen LogP contribution is 2.18. The van der Waals surface area contributed by atoms with Gasteiger partial charge in [-0.05, 0) is 42.3 Å². The summed E-state index contributed by atoms with van der Waals surface area (Å²) >= 11 is 0. The summed E-state index contributed by atoms with van der Waals surface area (Å²) in [5, 5.41) is 2.61. The van der Waals surface area contributed by atoms with Crippen molar-refractivity contribution in [3.05, 3.63) is 48.2 Å². The van der Waals surface area contributed by atoms with Crippen LogP contribution in [0.1, 0.15) is 18.9 Å². The zero-order chi connectivity index (χ0) is 20.4. The first-order valence-corrected chi connectivity index (χ1v) is 8.62. The second-order valence-corrected chi connectivity index (χ2v) is 5.79. The molecule has 0 aliphatic heterocycles. The molecular weight excluding hydrogens is 377 g/mol. The highest BCUT2D eigenvalue weighted by Gasteiger charge is 2.28. The number of carbonyl (C=O) groups excluding carboxylic acids is 1. The third kappa shape index (κ3) is 8.15. The number of halogens is 3. The Morgan fingerprint density at radius 3 is 2.39 bits per heavy atom. The Morgan fingerprint density at radius 2 is 1.75 bits per heavy atom. The van der Waals surface area contributed by atoms with Gasteiger partial charge in [-0.1, -0.05) is 6.92 Å². The molecule has 2 aromatic rings. The van der Waals surface area contributed by atoms with Crippen LogP contribution >= 0.6 is 0 Å². The molecule has 1 amide bonds. The number of amides is 1. The minimum atomic E-state index is -4.44. The SMILES string of the molecule is CCCOc1ccc(OCC(=O)NCc2ccnc(OCC(F)(F)F)c2)cc1. The smallest absolute Gasteiger partial charge is 0.422 e. The Bertz CT molecular complexity index is 752. The molecule has 0 fully saturated rings. The van der Waals surface area contributed by atoms with Gasteiger partial charge in [0.1, 0.15) is 11.5 Å². The van der Waals surface area contributed by atoms with Gasteiger partial charge in [0.05, 0.1) is 6.61 Å². The fraction of sp³-hybridized carbons (Fsp3) is 0.368. The lowest BCUT2D eigenvalue weighted by atomic mass is 10.2. The average Bonchev–Trinajstić information content (AvgIpc) is 2.68. The number of rotatable bonds is 10. The fourth-order valence-electron chi connectivity index (χ4n) is 2.05. The quantitative estimate of drug-likeness (QED) is 0.663. The molecule has 152 valence electrons. The van der Waals surface area contributed by atoms with Crippen LogP contribution in [0.4, 0.5) is 13.2 Å². The highest BCUT2D eigenvalue weighted by atomic mass is 19.4. The predicted molar refractivity (Wildman–Crippen MR) is 95.4 cm³/mol. The molecule has 2 rings (SSSR count). The van der Waals surface area contributed by atoms with Crippen molar-refractivity contribution < 1.29 is 32.2 Å². The highest BCUT2D eigenvalue weighted by molar-refractivity contribution is 5.77. The van der Waals surface area contributed by atoms with Gasteiger partial charge in [0.25, 0.3) is 5.91 Å². The maximum Gasteiger partial charge on any atom is 0.422 e. The van der Waals surface area contributed by atoms with E-state index < -0.39 is 12.8 Å². The number of hydrogen-bond donors (Lipinski definition) is 1. The van der Waals surface area contributed by atoms with Gasteiger partial charge >= 0.3 is 6.18 Å². The zero-order valence-corrected chi connectivity index (χ0v) is 15.3. The second kappa shape index (κ2) is 10.4. The number of benzene rings is 1. The number of ether oxygens (including phenoxy) is 3. The summed E-state index contributed by atoms with van der Waals surface area (Å²) in [4.78, 5) is 15.6. The van der Waals surface area contributed by atoms with Crippen molar-refractivity contribution in [2.75, 3.05) is 19.8 Å². The number of hydrogen-bond acceptors (Lipinski definition) is 5. The van der Waals surface area contributed by atoms with E-state index in [1.807, 2.05) is 6.92 Å². The molecule has 0 radical (unpaired) electrons. The molecule has 1 heterocycles. The number of carbonyl (C=O) groups is 1. The van der Waals surface area contributed by atoms with Gasteiger partial charge in [-0.2, -0.15) is 13.2 Å². The summed E-state index contributed by atoms with van der Waals surface area (Å²) < 4.78 is 51.9. The fourth-order valence-corrected chi connectivity index (χ4v) is 2.05. The first-order valence-electron chi connectivity index (χ1n) is 8.62. The molecule has 28 heavy (non-hydrogen) atoms. The van der Waals surface area contributed by atoms with Crippen LogP contribution in [0.5, 0.6) is 17.4 Å². The van der Waals surface area contributed by atoms with Gasteiger partial charge in [0.15, 0.2) is 13.2 Å². The molecule has 0 atom stereocenters. The van der Waals surface area contributed by atoms with Crippen molar-refractivity contribution in [2.24, 2.45) is 0 Å². The van der Waals surface area contributed by atoms with Gasteiger partial charge in [0.2, 0.25) is 5.88 Å². The Balaban J connectivity index is 1.75. The lowest BCUT2D eigenvalue weighted by Gasteiger charge is -2.10. The summed E-state index contributed by atoms with van der Waals surface area (Å²) in [6, 6.07) is 9.81. The molecule has 0 saturated carbocycles. The van der Waals surface area contributed by atoms with E-state index in [-0.39, 0.29) is 24.9 Å². The second-order valence-electron chi connectivity index (χ2n) is 5.79. The first kappa shape index (κ1) is 21.3. The van der Waals surface area contributed by atoms with Gasteiger partial charge < -0.3 is 19.5 Å². The zero-order valence-electron chi connectivity index (χ0n) is 15.3. The summed E-state index contributed by atoms with van der Waals surface area (Å²) in [6.45, 7) is 1.12. The molecule has 1 aromatic carbocycles. The van der Waals surface area contributed by atoms with Crippen molar-refractivity contribution in [1.29, 1.82) is 0 Å². The maximum atomic E-state index is 12.2. The van der Waals surface area contributed by atoms with Crippen LogP contribution in [-0.4, -0.2) is 36.9 Å². The van der Waals surface area contributed by atoms with E-state index in [0.717, 1.165) is 12.2 Å². The molecule has 1 aromatic heterocycles. The topological polar surface area (TPSA) is 69.7 Å². The number of aromatic nitrogens is 1. The molecule has 0 bridgehead atoms. The van der Waals surface area contributed by atoms with Crippen molar-refractivity contribution >= 4 is 5.91 Å². The van der Waals surface area contributed by atoms with E-state index >= 15 is 0 Å². The van der Waals surface area contributed by atoms with E-state index in [0.29, 0.717) is 17.9 Å². The molecule has 0 aliphatic carbocycles. The van der Waals surface area contributed by atoms with Crippen LogP contribution in [0.15, 0.2) is 42.6 Å². The normalized spacial score (nSPS) is 11.0. The largest absolute Gasteiger partial charge is 0.494 e. The standard InChI is InChI=1S/C19H21F3N2O4/c1-2-9-26-15-3-5-16(6-4-15)27-12-17(25)24-11-14-7-8-23-18(10-14)28-13-19(20,21)22/h3-8,10H,2,9,11-13H2,1H3,(H,24,25). The van der Waals surface area contributed by atoms with Crippen LogP contribution in [0.2, 0.25) is 0 Å². The third-order valence-electron chi connectivity index (χ3n) is 3.34. The van der Waals surface area contributed by atoms with Crippen molar-refractivity contribution in [3.63, 3.8) is 0 Å². The van der Waals surface area contributed by atoms with Crippen LogP contribution in [0.25, 0.3) is 0 Å². The summed E-state index contributed by atoms with van der Waals surface area (Å²) in [7, 11) is 0. The number of pyridine rings is 1. The molecule has 1 N–H and O–H groups in total.